The van der Waals surface area contributed by atoms with Crippen molar-refractivity contribution in [3.63, 3.8) is 0 Å². The summed E-state index contributed by atoms with van der Waals surface area (Å²) in [5, 5.41) is 11.9. The highest BCUT2D eigenvalue weighted by Crippen LogP contribution is 2.28. The van der Waals surface area contributed by atoms with Crippen molar-refractivity contribution >= 4 is 98.8 Å². The quantitative estimate of drug-likeness (QED) is 0.205. The van der Waals surface area contributed by atoms with Gasteiger partial charge in [-0.25, -0.2) is 8.78 Å². The third-order valence-corrected chi connectivity index (χ3v) is 6.19. The minimum Gasteiger partial charge on any atom is -0.271 e. The monoisotopic (exact) mass is 710 g/mol. The number of benzene rings is 2. The molecule has 10 heteroatoms. The maximum Gasteiger partial charge on any atom is 0.149 e. The number of aromatic amines is 1. The highest BCUT2D eigenvalue weighted by atomic mass is 127. The first-order valence-electron chi connectivity index (χ1n) is 6.75. The average Bonchev–Trinajstić information content (AvgIpc) is 3.08. The van der Waals surface area contributed by atoms with Crippen molar-refractivity contribution in [3.8, 4) is 0 Å². The van der Waals surface area contributed by atoms with E-state index in [-0.39, 0.29) is 19.1 Å². The van der Waals surface area contributed by atoms with E-state index in [1.165, 1.54) is 0 Å². The number of aryl methyl sites for hydroxylation is 1. The number of nitrogens with zero attached hydrogens (tertiary/aromatic N) is 3. The summed E-state index contributed by atoms with van der Waals surface area (Å²) < 4.78 is 31.0. The van der Waals surface area contributed by atoms with Crippen LogP contribution >= 0.6 is 77.0 Å². The summed E-state index contributed by atoms with van der Waals surface area (Å²) in [6, 6.07) is 6.95. The van der Waals surface area contributed by atoms with Gasteiger partial charge in [-0.05, 0) is 101 Å². The Morgan fingerprint density at radius 1 is 1.00 bits per heavy atom. The van der Waals surface area contributed by atoms with Crippen LogP contribution in [0, 0.1) is 19.0 Å². The Kier molecular flexibility index (Phi) is 7.41. The van der Waals surface area contributed by atoms with E-state index in [2.05, 4.69) is 47.2 Å². The van der Waals surface area contributed by atoms with E-state index in [0.29, 0.717) is 28.9 Å². The zero-order chi connectivity index (χ0) is 18.3. The highest BCUT2D eigenvalue weighted by Gasteiger charge is 2.13. The van der Waals surface area contributed by atoms with Gasteiger partial charge in [0.15, 0.2) is 0 Å². The molecule has 0 aliphatic rings. The summed E-state index contributed by atoms with van der Waals surface area (Å²) in [6.07, 6.45) is 0. The van der Waals surface area contributed by atoms with Crippen molar-refractivity contribution in [2.45, 2.75) is 7.43 Å². The van der Waals surface area contributed by atoms with Gasteiger partial charge in [0.25, 0.3) is 0 Å². The van der Waals surface area contributed by atoms with E-state index in [1.54, 1.807) is 29.9 Å². The van der Waals surface area contributed by atoms with E-state index in [9.17, 15) is 8.78 Å². The third-order valence-electron chi connectivity index (χ3n) is 3.43. The molecule has 2 aromatic heterocycles. The second-order valence-electron chi connectivity index (χ2n) is 4.96. The molecule has 0 bridgehead atoms. The van der Waals surface area contributed by atoms with E-state index >= 15 is 0 Å². The highest BCUT2D eigenvalue weighted by molar-refractivity contribution is 14.1. The Balaban J connectivity index is 0.000000180. The van der Waals surface area contributed by atoms with Gasteiger partial charge >= 0.3 is 0 Å². The normalized spacial score (nSPS) is 10.6. The SMILES string of the molecule is C.Cn1nc(I)c2c(F)c(Br)ccc21.Fc1c(Br)ccc2n[nH]c(I)c12. The second-order valence-corrected chi connectivity index (χ2v) is 8.77. The predicted molar refractivity (Wildman–Crippen MR) is 124 cm³/mol. The Hall–Kier alpha value is -0.340. The number of halogens is 6. The molecule has 0 amide bonds. The molecular weight excluding hydrogens is 700 g/mol. The Bertz CT molecular complexity index is 1100. The molecule has 0 fully saturated rings. The van der Waals surface area contributed by atoms with Gasteiger partial charge in [-0.2, -0.15) is 10.2 Å². The molecule has 0 unspecified atom stereocenters. The minimum absolute atomic E-state index is 0. The Morgan fingerprint density at radius 2 is 1.58 bits per heavy atom. The van der Waals surface area contributed by atoms with Crippen LogP contribution in [0.2, 0.25) is 0 Å². The average molecular weight is 712 g/mol. The van der Waals surface area contributed by atoms with Crippen LogP contribution in [0.3, 0.4) is 0 Å². The van der Waals surface area contributed by atoms with Gasteiger partial charge in [-0.1, -0.05) is 7.43 Å². The van der Waals surface area contributed by atoms with Gasteiger partial charge < -0.3 is 0 Å². The van der Waals surface area contributed by atoms with Gasteiger partial charge in [-0.3, -0.25) is 9.78 Å². The summed E-state index contributed by atoms with van der Waals surface area (Å²) in [7, 11) is 1.80. The molecule has 2 aromatic carbocycles. The molecule has 4 nitrogen and oxygen atoms in total. The predicted octanol–water partition coefficient (Wildman–Crippen LogP) is 6.78. The minimum atomic E-state index is -0.259. The van der Waals surface area contributed by atoms with Gasteiger partial charge in [-0.15, -0.1) is 0 Å². The first-order chi connectivity index (χ1) is 11.8. The van der Waals surface area contributed by atoms with Crippen molar-refractivity contribution in [2.75, 3.05) is 0 Å². The smallest absolute Gasteiger partial charge is 0.149 e. The number of hydrogen-bond donors (Lipinski definition) is 1. The van der Waals surface area contributed by atoms with Crippen molar-refractivity contribution in [1.82, 2.24) is 20.0 Å². The standard InChI is InChI=1S/C8H5BrFIN2.C7H3BrFIN2.CH4/c1-13-5-3-2-4(9)7(10)6(5)8(11)12-13;8-3-1-2-4-5(6(3)9)7(10)12-11-4;/h2-3H,1H3;1-2H,(H,11,12);1H4. The number of nitrogens with one attached hydrogen (secondary N) is 1. The van der Waals surface area contributed by atoms with E-state index < -0.39 is 0 Å². The molecule has 26 heavy (non-hydrogen) atoms. The van der Waals surface area contributed by atoms with E-state index in [4.69, 9.17) is 0 Å². The fourth-order valence-electron chi connectivity index (χ4n) is 2.25. The van der Waals surface area contributed by atoms with Gasteiger partial charge in [0.1, 0.15) is 19.0 Å². The molecule has 138 valence electrons. The zero-order valence-corrected chi connectivity index (χ0v) is 19.9. The van der Waals surface area contributed by atoms with Crippen LogP contribution in [-0.4, -0.2) is 20.0 Å². The molecule has 0 radical (unpaired) electrons. The van der Waals surface area contributed by atoms with Crippen molar-refractivity contribution in [2.24, 2.45) is 7.05 Å². The number of fused-ring (bicyclic) bond motifs is 2. The fraction of sp³-hybridized carbons (Fsp3) is 0.125. The number of H-pyrrole nitrogens is 1. The summed E-state index contributed by atoms with van der Waals surface area (Å²) in [5.74, 6) is -0.499. The molecule has 4 aromatic rings. The fourth-order valence-corrected chi connectivity index (χ4v) is 4.38. The lowest BCUT2D eigenvalue weighted by Crippen LogP contribution is -1.89. The molecular formula is C16H12Br2F2I2N4. The Labute approximate surface area is 192 Å². The Morgan fingerprint density at radius 3 is 2.23 bits per heavy atom. The van der Waals surface area contributed by atoms with Crippen LogP contribution < -0.4 is 0 Å². The number of hydrogen-bond acceptors (Lipinski definition) is 2. The van der Waals surface area contributed by atoms with Crippen LogP contribution in [0.15, 0.2) is 33.2 Å². The topological polar surface area (TPSA) is 46.5 Å². The molecule has 0 aliphatic heterocycles. The maximum atomic E-state index is 13.6. The molecule has 2 heterocycles. The van der Waals surface area contributed by atoms with Crippen molar-refractivity contribution in [1.29, 1.82) is 0 Å². The molecule has 0 spiro atoms. The summed E-state index contributed by atoms with van der Waals surface area (Å²) in [6.45, 7) is 0. The van der Waals surface area contributed by atoms with Crippen molar-refractivity contribution in [3.05, 3.63) is 52.2 Å². The summed E-state index contributed by atoms with van der Waals surface area (Å²) in [5.41, 5.74) is 1.46. The van der Waals surface area contributed by atoms with Crippen LogP contribution in [-0.2, 0) is 7.05 Å². The van der Waals surface area contributed by atoms with Crippen LogP contribution in [0.1, 0.15) is 7.43 Å². The molecule has 0 aliphatic carbocycles. The zero-order valence-electron chi connectivity index (χ0n) is 12.4. The van der Waals surface area contributed by atoms with E-state index in [1.807, 2.05) is 51.2 Å². The molecule has 0 atom stereocenters. The van der Waals surface area contributed by atoms with E-state index in [0.717, 1.165) is 9.22 Å². The van der Waals surface area contributed by atoms with Crippen LogP contribution in [0.5, 0.6) is 0 Å². The second kappa shape index (κ2) is 8.78. The first kappa shape index (κ1) is 22.0. The van der Waals surface area contributed by atoms with Crippen molar-refractivity contribution < 1.29 is 8.78 Å². The largest absolute Gasteiger partial charge is 0.271 e. The van der Waals surface area contributed by atoms with Gasteiger partial charge in [0.2, 0.25) is 0 Å². The van der Waals surface area contributed by atoms with Gasteiger partial charge in [0, 0.05) is 7.05 Å². The van der Waals surface area contributed by atoms with Crippen LogP contribution in [0.4, 0.5) is 8.78 Å². The summed E-state index contributed by atoms with van der Waals surface area (Å²) in [4.78, 5) is 0. The lowest BCUT2D eigenvalue weighted by molar-refractivity contribution is 0.632. The maximum absolute atomic E-state index is 13.6. The number of aromatic nitrogens is 4. The van der Waals surface area contributed by atoms with Crippen LogP contribution in [0.25, 0.3) is 21.8 Å². The van der Waals surface area contributed by atoms with Gasteiger partial charge in [0.05, 0.1) is 30.8 Å². The molecule has 4 rings (SSSR count). The summed E-state index contributed by atoms with van der Waals surface area (Å²) >= 11 is 10.3. The molecule has 0 saturated carbocycles. The number of rotatable bonds is 0. The molecule has 0 saturated heterocycles. The third kappa shape index (κ3) is 4.07. The first-order valence-corrected chi connectivity index (χ1v) is 10.5. The lowest BCUT2D eigenvalue weighted by atomic mass is 10.2. The lowest BCUT2D eigenvalue weighted by Gasteiger charge is -1.96. The molecule has 1 N–H and O–H groups in total.